The van der Waals surface area contributed by atoms with Gasteiger partial charge in [-0.2, -0.15) is 0 Å². The maximum absolute atomic E-state index is 13.0. The fraction of sp³-hybridized carbons (Fsp3) is 0.526. The molecule has 1 aromatic carbocycles. The molecule has 1 atom stereocenters. The lowest BCUT2D eigenvalue weighted by atomic mass is 10.2. The molecule has 2 aromatic rings. The van der Waals surface area contributed by atoms with Crippen LogP contribution < -0.4 is 10.9 Å². The first-order valence-electron chi connectivity index (χ1n) is 9.09. The summed E-state index contributed by atoms with van der Waals surface area (Å²) in [6.07, 6.45) is 0.826. The van der Waals surface area contributed by atoms with Crippen molar-refractivity contribution in [2.75, 3.05) is 13.2 Å². The van der Waals surface area contributed by atoms with Crippen LogP contribution in [0.15, 0.2) is 28.2 Å². The summed E-state index contributed by atoms with van der Waals surface area (Å²) in [5, 5.41) is 3.97. The van der Waals surface area contributed by atoms with Crippen LogP contribution in [0.3, 0.4) is 0 Å². The quantitative estimate of drug-likeness (QED) is 0.388. The van der Waals surface area contributed by atoms with E-state index < -0.39 is 0 Å². The minimum atomic E-state index is -0.369. The van der Waals surface area contributed by atoms with Gasteiger partial charge in [0, 0.05) is 24.7 Å². The molecule has 0 saturated carbocycles. The van der Waals surface area contributed by atoms with E-state index in [0.29, 0.717) is 47.2 Å². The van der Waals surface area contributed by atoms with E-state index in [1.54, 1.807) is 29.7 Å². The van der Waals surface area contributed by atoms with Gasteiger partial charge in [0.05, 0.1) is 22.3 Å². The van der Waals surface area contributed by atoms with Crippen LogP contribution in [-0.2, 0) is 16.1 Å². The Balaban J connectivity index is 2.36. The number of nitrogens with zero attached hydrogens (tertiary/aromatic N) is 2. The van der Waals surface area contributed by atoms with Crippen molar-refractivity contribution in [1.29, 1.82) is 0 Å². The molecule has 8 heteroatoms. The molecule has 2 rings (SSSR count). The van der Waals surface area contributed by atoms with Gasteiger partial charge in [0.15, 0.2) is 5.16 Å². The van der Waals surface area contributed by atoms with Crippen molar-refractivity contribution < 1.29 is 9.53 Å². The zero-order chi connectivity index (χ0) is 20.0. The molecule has 0 unspecified atom stereocenters. The van der Waals surface area contributed by atoms with Gasteiger partial charge in [0.1, 0.15) is 0 Å². The van der Waals surface area contributed by atoms with E-state index in [0.717, 1.165) is 0 Å². The molecule has 0 aliphatic rings. The van der Waals surface area contributed by atoms with Crippen molar-refractivity contribution in [2.45, 2.75) is 57.2 Å². The fourth-order valence-corrected chi connectivity index (χ4v) is 3.66. The molecule has 0 spiro atoms. The molecule has 0 radical (unpaired) electrons. The van der Waals surface area contributed by atoms with Gasteiger partial charge in [-0.3, -0.25) is 14.2 Å². The smallest absolute Gasteiger partial charge is 0.262 e. The first-order valence-corrected chi connectivity index (χ1v) is 10.3. The van der Waals surface area contributed by atoms with Crippen molar-refractivity contribution in [2.24, 2.45) is 0 Å². The van der Waals surface area contributed by atoms with Crippen molar-refractivity contribution in [3.05, 3.63) is 33.6 Å². The Morgan fingerprint density at radius 1 is 1.37 bits per heavy atom. The van der Waals surface area contributed by atoms with Crippen LogP contribution in [0.4, 0.5) is 0 Å². The van der Waals surface area contributed by atoms with Crippen LogP contribution in [0.2, 0.25) is 5.02 Å². The van der Waals surface area contributed by atoms with Crippen LogP contribution in [0.5, 0.6) is 0 Å². The number of ether oxygens (including phenoxy) is 1. The van der Waals surface area contributed by atoms with Crippen LogP contribution in [0.25, 0.3) is 10.9 Å². The Bertz CT molecular complexity index is 854. The molecule has 1 N–H and O–H groups in total. The van der Waals surface area contributed by atoms with Crippen molar-refractivity contribution >= 4 is 40.2 Å². The third kappa shape index (κ3) is 5.96. The molecule has 0 bridgehead atoms. The van der Waals surface area contributed by atoms with Gasteiger partial charge in [0.2, 0.25) is 5.91 Å². The average Bonchev–Trinajstić information content (AvgIpc) is 2.60. The van der Waals surface area contributed by atoms with Crippen molar-refractivity contribution in [1.82, 2.24) is 14.9 Å². The SMILES string of the molecule is CCNC(=O)[C@@H](C)Sc1nc2cc(Cl)ccc2c(=O)n1CCCOC(C)C. The zero-order valence-corrected chi connectivity index (χ0v) is 17.7. The molecular formula is C19H26ClN3O3S. The Hall–Kier alpha value is -1.57. The average molecular weight is 412 g/mol. The highest BCUT2D eigenvalue weighted by Gasteiger charge is 2.19. The largest absolute Gasteiger partial charge is 0.379 e. The predicted molar refractivity (Wildman–Crippen MR) is 111 cm³/mol. The first kappa shape index (κ1) is 21.7. The number of carbonyl (C=O) groups excluding carboxylic acids is 1. The number of rotatable bonds is 9. The zero-order valence-electron chi connectivity index (χ0n) is 16.1. The van der Waals surface area contributed by atoms with E-state index in [1.807, 2.05) is 20.8 Å². The van der Waals surface area contributed by atoms with E-state index in [2.05, 4.69) is 10.3 Å². The second-order valence-electron chi connectivity index (χ2n) is 6.44. The standard InChI is InChI=1S/C19H26ClN3O3S/c1-5-21-17(24)13(4)27-19-22-16-11-14(20)7-8-15(16)18(25)23(19)9-6-10-26-12(2)3/h7-8,11-13H,5-6,9-10H2,1-4H3,(H,21,24)/t13-/m1/s1. The van der Waals surface area contributed by atoms with Gasteiger partial charge in [-0.1, -0.05) is 23.4 Å². The van der Waals surface area contributed by atoms with E-state index in [9.17, 15) is 9.59 Å². The normalized spacial score (nSPS) is 12.5. The molecule has 27 heavy (non-hydrogen) atoms. The third-order valence-electron chi connectivity index (χ3n) is 3.86. The number of carbonyl (C=O) groups is 1. The summed E-state index contributed by atoms with van der Waals surface area (Å²) in [6.45, 7) is 9.21. The number of nitrogens with one attached hydrogen (secondary N) is 1. The minimum Gasteiger partial charge on any atom is -0.379 e. The van der Waals surface area contributed by atoms with Crippen LogP contribution >= 0.6 is 23.4 Å². The Labute approximate surface area is 168 Å². The topological polar surface area (TPSA) is 73.2 Å². The molecule has 0 saturated heterocycles. The molecule has 0 aliphatic heterocycles. The Morgan fingerprint density at radius 2 is 2.11 bits per heavy atom. The predicted octanol–water partition coefficient (Wildman–Crippen LogP) is 3.48. The summed E-state index contributed by atoms with van der Waals surface area (Å²) in [5.74, 6) is -0.0855. The van der Waals surface area contributed by atoms with Gasteiger partial charge in [-0.25, -0.2) is 4.98 Å². The summed E-state index contributed by atoms with van der Waals surface area (Å²) in [4.78, 5) is 29.7. The number of amides is 1. The highest BCUT2D eigenvalue weighted by Crippen LogP contribution is 2.24. The maximum atomic E-state index is 13.0. The number of aromatic nitrogens is 2. The molecule has 1 amide bonds. The molecule has 1 heterocycles. The van der Waals surface area contributed by atoms with Gasteiger partial charge in [-0.05, 0) is 52.3 Å². The second-order valence-corrected chi connectivity index (χ2v) is 8.18. The Morgan fingerprint density at radius 3 is 2.78 bits per heavy atom. The second kappa shape index (κ2) is 10.1. The van der Waals surface area contributed by atoms with E-state index in [4.69, 9.17) is 16.3 Å². The number of thioether (sulfide) groups is 1. The number of hydrogen-bond donors (Lipinski definition) is 1. The molecule has 6 nitrogen and oxygen atoms in total. The third-order valence-corrected chi connectivity index (χ3v) is 5.19. The van der Waals surface area contributed by atoms with E-state index in [1.165, 1.54) is 11.8 Å². The Kier molecular flexibility index (Phi) is 8.13. The summed E-state index contributed by atoms with van der Waals surface area (Å²) >= 11 is 7.33. The summed E-state index contributed by atoms with van der Waals surface area (Å²) in [6, 6.07) is 5.05. The van der Waals surface area contributed by atoms with Gasteiger partial charge in [-0.15, -0.1) is 0 Å². The molecule has 1 aromatic heterocycles. The van der Waals surface area contributed by atoms with Crippen LogP contribution in [0, 0.1) is 0 Å². The molecule has 0 aliphatic carbocycles. The molecule has 0 fully saturated rings. The summed E-state index contributed by atoms with van der Waals surface area (Å²) < 4.78 is 7.20. The highest BCUT2D eigenvalue weighted by atomic mass is 35.5. The van der Waals surface area contributed by atoms with Crippen LogP contribution in [0.1, 0.15) is 34.1 Å². The maximum Gasteiger partial charge on any atom is 0.262 e. The number of hydrogen-bond acceptors (Lipinski definition) is 5. The fourth-order valence-electron chi connectivity index (χ4n) is 2.53. The molecular weight excluding hydrogens is 386 g/mol. The van der Waals surface area contributed by atoms with E-state index >= 15 is 0 Å². The minimum absolute atomic E-state index is 0.0855. The lowest BCUT2D eigenvalue weighted by Gasteiger charge is -2.16. The summed E-state index contributed by atoms with van der Waals surface area (Å²) in [5.41, 5.74) is 0.402. The number of halogens is 1. The summed E-state index contributed by atoms with van der Waals surface area (Å²) in [7, 11) is 0. The van der Waals surface area contributed by atoms with Crippen LogP contribution in [-0.4, -0.2) is 40.0 Å². The van der Waals surface area contributed by atoms with Crippen molar-refractivity contribution in [3.8, 4) is 0 Å². The van der Waals surface area contributed by atoms with Crippen molar-refractivity contribution in [3.63, 3.8) is 0 Å². The molecule has 148 valence electrons. The first-order chi connectivity index (χ1) is 12.8. The van der Waals surface area contributed by atoms with Gasteiger partial charge < -0.3 is 10.1 Å². The monoisotopic (exact) mass is 411 g/mol. The van der Waals surface area contributed by atoms with E-state index in [-0.39, 0.29) is 22.8 Å². The number of benzene rings is 1. The highest BCUT2D eigenvalue weighted by molar-refractivity contribution is 8.00. The lowest BCUT2D eigenvalue weighted by Crippen LogP contribution is -2.32. The number of fused-ring (bicyclic) bond motifs is 1. The lowest BCUT2D eigenvalue weighted by molar-refractivity contribution is -0.120. The van der Waals surface area contributed by atoms with Gasteiger partial charge in [0.25, 0.3) is 5.56 Å². The van der Waals surface area contributed by atoms with Gasteiger partial charge >= 0.3 is 0 Å².